The number of carboxylic acid groups (broad SMARTS) is 1. The van der Waals surface area contributed by atoms with Crippen LogP contribution in [0.4, 0.5) is 5.69 Å². The summed E-state index contributed by atoms with van der Waals surface area (Å²) in [6, 6.07) is 7.64. The number of hydrogen-bond acceptors (Lipinski definition) is 3. The average molecular weight is 281 g/mol. The van der Waals surface area contributed by atoms with Crippen LogP contribution in [-0.4, -0.2) is 22.7 Å². The van der Waals surface area contributed by atoms with Crippen LogP contribution >= 0.6 is 11.8 Å². The zero-order chi connectivity index (χ0) is 14.3. The monoisotopic (exact) mass is 281 g/mol. The average Bonchev–Trinajstić information content (AvgIpc) is 2.35. The van der Waals surface area contributed by atoms with E-state index in [0.717, 1.165) is 17.0 Å². The number of amides is 1. The largest absolute Gasteiger partial charge is 0.481 e. The molecule has 0 saturated heterocycles. The molecular formula is C14H19NO3S. The molecule has 0 unspecified atom stereocenters. The second kappa shape index (κ2) is 7.84. The van der Waals surface area contributed by atoms with E-state index in [-0.39, 0.29) is 18.2 Å². The molecule has 0 bridgehead atoms. The van der Waals surface area contributed by atoms with E-state index in [4.69, 9.17) is 5.11 Å². The highest BCUT2D eigenvalue weighted by atomic mass is 32.2. The van der Waals surface area contributed by atoms with Gasteiger partial charge in [0, 0.05) is 23.1 Å². The molecule has 1 rings (SSSR count). The molecule has 0 radical (unpaired) electrons. The van der Waals surface area contributed by atoms with Crippen molar-refractivity contribution in [1.82, 2.24) is 0 Å². The fraction of sp³-hybridized carbons (Fsp3) is 0.429. The number of benzene rings is 1. The summed E-state index contributed by atoms with van der Waals surface area (Å²) in [5.74, 6) is 0.520. The van der Waals surface area contributed by atoms with Gasteiger partial charge in [-0.2, -0.15) is 11.8 Å². The van der Waals surface area contributed by atoms with Crippen molar-refractivity contribution < 1.29 is 14.7 Å². The van der Waals surface area contributed by atoms with Crippen LogP contribution in [0, 0.1) is 5.92 Å². The number of carbonyl (C=O) groups is 2. The Hall–Kier alpha value is -1.49. The lowest BCUT2D eigenvalue weighted by Crippen LogP contribution is -2.17. The molecule has 0 aliphatic heterocycles. The van der Waals surface area contributed by atoms with Crippen LogP contribution < -0.4 is 5.32 Å². The van der Waals surface area contributed by atoms with Gasteiger partial charge in [-0.1, -0.05) is 26.0 Å². The molecule has 0 saturated carbocycles. The molecular weight excluding hydrogens is 262 g/mol. The molecule has 2 N–H and O–H groups in total. The van der Waals surface area contributed by atoms with Crippen molar-refractivity contribution in [2.24, 2.45) is 5.92 Å². The number of anilines is 1. The van der Waals surface area contributed by atoms with Gasteiger partial charge in [-0.25, -0.2) is 0 Å². The fourth-order valence-electron chi connectivity index (χ4n) is 1.37. The molecule has 0 aliphatic carbocycles. The van der Waals surface area contributed by atoms with Gasteiger partial charge in [-0.3, -0.25) is 9.59 Å². The Morgan fingerprint density at radius 1 is 1.37 bits per heavy atom. The summed E-state index contributed by atoms with van der Waals surface area (Å²) in [5.41, 5.74) is 1.87. The van der Waals surface area contributed by atoms with Gasteiger partial charge in [0.2, 0.25) is 5.91 Å². The van der Waals surface area contributed by atoms with Gasteiger partial charge in [0.15, 0.2) is 0 Å². The van der Waals surface area contributed by atoms with E-state index in [1.54, 1.807) is 11.8 Å². The summed E-state index contributed by atoms with van der Waals surface area (Å²) >= 11 is 1.58. The highest BCUT2D eigenvalue weighted by Crippen LogP contribution is 2.17. The Morgan fingerprint density at radius 3 is 2.74 bits per heavy atom. The van der Waals surface area contributed by atoms with E-state index >= 15 is 0 Å². The SMILES string of the molecule is CC(C)C(=O)Nc1cccc(CSCCC(=O)O)c1. The number of thioether (sulfide) groups is 1. The van der Waals surface area contributed by atoms with Crippen molar-refractivity contribution >= 4 is 29.3 Å². The Morgan fingerprint density at radius 2 is 2.11 bits per heavy atom. The van der Waals surface area contributed by atoms with Gasteiger partial charge >= 0.3 is 5.97 Å². The van der Waals surface area contributed by atoms with E-state index in [1.165, 1.54) is 0 Å². The predicted octanol–water partition coefficient (Wildman–Crippen LogP) is 2.99. The first-order chi connectivity index (χ1) is 8.99. The summed E-state index contributed by atoms with van der Waals surface area (Å²) < 4.78 is 0. The van der Waals surface area contributed by atoms with Crippen LogP contribution in [0.2, 0.25) is 0 Å². The molecule has 0 aliphatic rings. The van der Waals surface area contributed by atoms with E-state index in [1.807, 2.05) is 38.1 Å². The molecule has 0 fully saturated rings. The minimum Gasteiger partial charge on any atom is -0.481 e. The maximum Gasteiger partial charge on any atom is 0.304 e. The summed E-state index contributed by atoms with van der Waals surface area (Å²) in [4.78, 5) is 22.0. The topological polar surface area (TPSA) is 66.4 Å². The van der Waals surface area contributed by atoms with Gasteiger partial charge in [-0.15, -0.1) is 0 Å². The lowest BCUT2D eigenvalue weighted by Gasteiger charge is -2.09. The molecule has 1 amide bonds. The van der Waals surface area contributed by atoms with Crippen LogP contribution in [-0.2, 0) is 15.3 Å². The van der Waals surface area contributed by atoms with Crippen molar-refractivity contribution in [1.29, 1.82) is 0 Å². The number of nitrogens with one attached hydrogen (secondary N) is 1. The molecule has 4 nitrogen and oxygen atoms in total. The molecule has 1 aromatic rings. The number of aliphatic carboxylic acids is 1. The lowest BCUT2D eigenvalue weighted by molar-refractivity contribution is -0.136. The van der Waals surface area contributed by atoms with Gasteiger partial charge in [0.1, 0.15) is 0 Å². The minimum atomic E-state index is -0.773. The second-order valence-electron chi connectivity index (χ2n) is 4.54. The Labute approximate surface area is 117 Å². The summed E-state index contributed by atoms with van der Waals surface area (Å²) in [5, 5.41) is 11.4. The smallest absolute Gasteiger partial charge is 0.304 e. The molecule has 0 aromatic heterocycles. The molecule has 0 spiro atoms. The normalized spacial score (nSPS) is 10.5. The van der Waals surface area contributed by atoms with E-state index in [9.17, 15) is 9.59 Å². The van der Waals surface area contributed by atoms with Crippen molar-refractivity contribution in [3.63, 3.8) is 0 Å². The number of carboxylic acids is 1. The van der Waals surface area contributed by atoms with Crippen LogP contribution in [0.5, 0.6) is 0 Å². The third-order valence-corrected chi connectivity index (χ3v) is 3.48. The first-order valence-electron chi connectivity index (χ1n) is 6.18. The third-order valence-electron chi connectivity index (χ3n) is 2.45. The first kappa shape index (κ1) is 15.6. The number of hydrogen-bond donors (Lipinski definition) is 2. The summed E-state index contributed by atoms with van der Waals surface area (Å²) in [6.45, 7) is 3.70. The Kier molecular flexibility index (Phi) is 6.42. The van der Waals surface area contributed by atoms with Gasteiger partial charge in [0.25, 0.3) is 0 Å². The predicted molar refractivity (Wildman–Crippen MR) is 78.3 cm³/mol. The van der Waals surface area contributed by atoms with Crippen LogP contribution in [0.1, 0.15) is 25.8 Å². The molecule has 0 atom stereocenters. The molecule has 19 heavy (non-hydrogen) atoms. The second-order valence-corrected chi connectivity index (χ2v) is 5.65. The number of carbonyl (C=O) groups excluding carboxylic acids is 1. The highest BCUT2D eigenvalue weighted by molar-refractivity contribution is 7.98. The molecule has 104 valence electrons. The quantitative estimate of drug-likeness (QED) is 0.754. The van der Waals surface area contributed by atoms with Gasteiger partial charge in [0.05, 0.1) is 6.42 Å². The maximum absolute atomic E-state index is 11.6. The van der Waals surface area contributed by atoms with Crippen LogP contribution in [0.3, 0.4) is 0 Å². The minimum absolute atomic E-state index is 0.00400. The Balaban J connectivity index is 2.48. The van der Waals surface area contributed by atoms with Gasteiger partial charge < -0.3 is 10.4 Å². The van der Waals surface area contributed by atoms with E-state index in [0.29, 0.717) is 5.75 Å². The van der Waals surface area contributed by atoms with E-state index < -0.39 is 5.97 Å². The third kappa shape index (κ3) is 6.29. The Bertz CT molecular complexity index is 446. The highest BCUT2D eigenvalue weighted by Gasteiger charge is 2.07. The van der Waals surface area contributed by atoms with Crippen molar-refractivity contribution in [2.45, 2.75) is 26.0 Å². The lowest BCUT2D eigenvalue weighted by atomic mass is 10.2. The van der Waals surface area contributed by atoms with Crippen molar-refractivity contribution in [2.75, 3.05) is 11.1 Å². The summed E-state index contributed by atoms with van der Waals surface area (Å²) in [7, 11) is 0. The van der Waals surface area contributed by atoms with Crippen LogP contribution in [0.25, 0.3) is 0 Å². The zero-order valence-electron chi connectivity index (χ0n) is 11.2. The summed E-state index contributed by atoms with van der Waals surface area (Å²) in [6.07, 6.45) is 0.175. The van der Waals surface area contributed by atoms with Gasteiger partial charge in [-0.05, 0) is 17.7 Å². The van der Waals surface area contributed by atoms with E-state index in [2.05, 4.69) is 5.32 Å². The van der Waals surface area contributed by atoms with Crippen LogP contribution in [0.15, 0.2) is 24.3 Å². The first-order valence-corrected chi connectivity index (χ1v) is 7.34. The maximum atomic E-state index is 11.6. The molecule has 5 heteroatoms. The van der Waals surface area contributed by atoms with Crippen molar-refractivity contribution in [3.8, 4) is 0 Å². The molecule has 1 aromatic carbocycles. The van der Waals surface area contributed by atoms with Crippen molar-refractivity contribution in [3.05, 3.63) is 29.8 Å². The number of rotatable bonds is 7. The fourth-order valence-corrected chi connectivity index (χ4v) is 2.25. The molecule has 0 heterocycles. The standard InChI is InChI=1S/C14H19NO3S/c1-10(2)14(18)15-12-5-3-4-11(8-12)9-19-7-6-13(16)17/h3-5,8,10H,6-7,9H2,1-2H3,(H,15,18)(H,16,17). The zero-order valence-corrected chi connectivity index (χ0v) is 12.0.